The van der Waals surface area contributed by atoms with E-state index in [0.717, 1.165) is 56.3 Å². The molecule has 0 amide bonds. The van der Waals surface area contributed by atoms with Gasteiger partial charge in [0, 0.05) is 44.3 Å². The third-order valence-corrected chi connectivity index (χ3v) is 5.66. The average molecular weight is 417 g/mol. The lowest BCUT2D eigenvalue weighted by Crippen LogP contribution is -2.44. The molecule has 1 aromatic rings. The summed E-state index contributed by atoms with van der Waals surface area (Å²) in [5, 5.41) is 6.73. The number of likely N-dealkylation sites (tertiary alicyclic amines) is 1. The van der Waals surface area contributed by atoms with Gasteiger partial charge in [-0.3, -0.25) is 4.98 Å². The Hall–Kier alpha value is -2.58. The highest BCUT2D eigenvalue weighted by atomic mass is 19.4. The standard InChI is InChI=1S/C22H26F3N5/c23-22(24,25)21-6-5-17(16-28-21)15-27-18-7-11-29(12-8-18)13-14-30-10-2-3-19-20(30)4-1-9-26-19/h1-6,9-10,16,18,26-27H,7-8,11-15H2. The molecule has 0 radical (unpaired) electrons. The minimum atomic E-state index is -4.39. The fourth-order valence-electron chi connectivity index (χ4n) is 3.91. The van der Waals surface area contributed by atoms with Crippen LogP contribution >= 0.6 is 0 Å². The molecule has 160 valence electrons. The van der Waals surface area contributed by atoms with Crippen molar-refractivity contribution in [2.45, 2.75) is 31.6 Å². The summed E-state index contributed by atoms with van der Waals surface area (Å²) >= 11 is 0. The van der Waals surface area contributed by atoms with Crippen molar-refractivity contribution in [1.82, 2.24) is 25.4 Å². The number of nitrogens with one attached hydrogen (secondary N) is 2. The third-order valence-electron chi connectivity index (χ3n) is 5.66. The number of halogens is 3. The summed E-state index contributed by atoms with van der Waals surface area (Å²) in [5.41, 5.74) is 2.25. The quantitative estimate of drug-likeness (QED) is 0.743. The van der Waals surface area contributed by atoms with Gasteiger partial charge in [0.05, 0.1) is 11.4 Å². The summed E-state index contributed by atoms with van der Waals surface area (Å²) in [6, 6.07) is 2.92. The molecule has 1 saturated heterocycles. The number of piperidine rings is 1. The van der Waals surface area contributed by atoms with Gasteiger partial charge in [-0.2, -0.15) is 13.2 Å². The van der Waals surface area contributed by atoms with E-state index in [4.69, 9.17) is 0 Å². The Labute approximate surface area is 174 Å². The fourth-order valence-corrected chi connectivity index (χ4v) is 3.91. The maximum absolute atomic E-state index is 12.6. The lowest BCUT2D eigenvalue weighted by Gasteiger charge is -2.35. The molecular formula is C22H26F3N5. The average Bonchev–Trinajstić information content (AvgIpc) is 2.76. The third kappa shape index (κ3) is 5.12. The van der Waals surface area contributed by atoms with Crippen LogP contribution < -0.4 is 10.6 Å². The largest absolute Gasteiger partial charge is 0.433 e. The molecule has 0 unspecified atom stereocenters. The van der Waals surface area contributed by atoms with Crippen LogP contribution in [0.25, 0.3) is 0 Å². The molecule has 0 atom stereocenters. The predicted octanol–water partition coefficient (Wildman–Crippen LogP) is 3.37. The molecule has 4 rings (SSSR count). The number of allylic oxidation sites excluding steroid dienone is 4. The van der Waals surface area contributed by atoms with Gasteiger partial charge in [0.25, 0.3) is 0 Å². The Balaban J connectivity index is 1.18. The lowest BCUT2D eigenvalue weighted by atomic mass is 10.0. The molecule has 4 heterocycles. The Kier molecular flexibility index (Phi) is 6.24. The van der Waals surface area contributed by atoms with Gasteiger partial charge in [-0.05, 0) is 61.9 Å². The minimum Gasteiger partial charge on any atom is -0.360 e. The summed E-state index contributed by atoms with van der Waals surface area (Å²) in [5.74, 6) is 0. The molecular weight excluding hydrogens is 391 g/mol. The first-order chi connectivity index (χ1) is 14.5. The monoisotopic (exact) mass is 417 g/mol. The van der Waals surface area contributed by atoms with Crippen molar-refractivity contribution >= 4 is 0 Å². The molecule has 3 aliphatic heterocycles. The number of pyridine rings is 1. The number of dihydropyridines is 1. The van der Waals surface area contributed by atoms with Crippen molar-refractivity contribution in [2.24, 2.45) is 0 Å². The number of hydrogen-bond donors (Lipinski definition) is 2. The van der Waals surface area contributed by atoms with Crippen LogP contribution in [0.5, 0.6) is 0 Å². The number of aromatic nitrogens is 1. The lowest BCUT2D eigenvalue weighted by molar-refractivity contribution is -0.141. The highest BCUT2D eigenvalue weighted by Crippen LogP contribution is 2.27. The van der Waals surface area contributed by atoms with E-state index in [0.29, 0.717) is 12.6 Å². The Morgan fingerprint density at radius 3 is 2.67 bits per heavy atom. The van der Waals surface area contributed by atoms with E-state index >= 15 is 0 Å². The molecule has 0 aromatic carbocycles. The van der Waals surface area contributed by atoms with Gasteiger partial charge in [0.1, 0.15) is 5.69 Å². The number of fused-ring (bicyclic) bond motifs is 1. The molecule has 0 spiro atoms. The zero-order valence-corrected chi connectivity index (χ0v) is 16.7. The molecule has 2 N–H and O–H groups in total. The van der Waals surface area contributed by atoms with Gasteiger partial charge in [-0.15, -0.1) is 0 Å². The summed E-state index contributed by atoms with van der Waals surface area (Å²) in [6.45, 7) is 4.50. The summed E-state index contributed by atoms with van der Waals surface area (Å²) in [7, 11) is 0. The van der Waals surface area contributed by atoms with Crippen LogP contribution in [0.3, 0.4) is 0 Å². The van der Waals surface area contributed by atoms with Crippen LogP contribution in [-0.2, 0) is 12.7 Å². The second kappa shape index (κ2) is 9.06. The number of hydrogen-bond acceptors (Lipinski definition) is 5. The van der Waals surface area contributed by atoms with Crippen LogP contribution in [0.2, 0.25) is 0 Å². The first kappa shape index (κ1) is 20.7. The van der Waals surface area contributed by atoms with Gasteiger partial charge >= 0.3 is 6.18 Å². The van der Waals surface area contributed by atoms with Crippen LogP contribution in [0.1, 0.15) is 24.1 Å². The van der Waals surface area contributed by atoms with Crippen molar-refractivity contribution in [3.8, 4) is 0 Å². The highest BCUT2D eigenvalue weighted by molar-refractivity contribution is 5.41. The minimum absolute atomic E-state index is 0.378. The van der Waals surface area contributed by atoms with E-state index in [9.17, 15) is 13.2 Å². The van der Waals surface area contributed by atoms with Crippen molar-refractivity contribution in [3.05, 3.63) is 77.7 Å². The van der Waals surface area contributed by atoms with Crippen molar-refractivity contribution in [1.29, 1.82) is 0 Å². The van der Waals surface area contributed by atoms with Crippen LogP contribution in [0.4, 0.5) is 13.2 Å². The van der Waals surface area contributed by atoms with Crippen LogP contribution in [0, 0.1) is 0 Å². The Morgan fingerprint density at radius 1 is 1.10 bits per heavy atom. The number of nitrogens with zero attached hydrogens (tertiary/aromatic N) is 3. The first-order valence-electron chi connectivity index (χ1n) is 10.3. The van der Waals surface area contributed by atoms with E-state index in [1.165, 1.54) is 18.0 Å². The molecule has 8 heteroatoms. The van der Waals surface area contributed by atoms with Gasteiger partial charge in [0.15, 0.2) is 0 Å². The molecule has 0 saturated carbocycles. The van der Waals surface area contributed by atoms with Crippen molar-refractivity contribution < 1.29 is 13.2 Å². The molecule has 30 heavy (non-hydrogen) atoms. The second-order valence-corrected chi connectivity index (χ2v) is 7.72. The topological polar surface area (TPSA) is 43.4 Å². The van der Waals surface area contributed by atoms with Gasteiger partial charge in [-0.1, -0.05) is 6.07 Å². The zero-order chi connectivity index (χ0) is 21.0. The summed E-state index contributed by atoms with van der Waals surface area (Å²) in [4.78, 5) is 8.26. The smallest absolute Gasteiger partial charge is 0.360 e. The second-order valence-electron chi connectivity index (χ2n) is 7.72. The Bertz CT molecular complexity index is 847. The van der Waals surface area contributed by atoms with Gasteiger partial charge in [-0.25, -0.2) is 0 Å². The number of rotatable bonds is 6. The molecule has 0 bridgehead atoms. The predicted molar refractivity (Wildman–Crippen MR) is 110 cm³/mol. The maximum atomic E-state index is 12.6. The van der Waals surface area contributed by atoms with Crippen molar-refractivity contribution in [2.75, 3.05) is 26.2 Å². The highest BCUT2D eigenvalue weighted by Gasteiger charge is 2.32. The Morgan fingerprint density at radius 2 is 1.93 bits per heavy atom. The van der Waals surface area contributed by atoms with Crippen LogP contribution in [0.15, 0.2) is 66.4 Å². The van der Waals surface area contributed by atoms with E-state index in [-0.39, 0.29) is 0 Å². The first-order valence-corrected chi connectivity index (χ1v) is 10.3. The zero-order valence-electron chi connectivity index (χ0n) is 16.7. The van der Waals surface area contributed by atoms with E-state index in [1.807, 2.05) is 12.3 Å². The summed E-state index contributed by atoms with van der Waals surface area (Å²) in [6.07, 6.45) is 11.3. The van der Waals surface area contributed by atoms with E-state index in [2.05, 4.69) is 49.8 Å². The molecule has 0 aliphatic carbocycles. The fraction of sp³-hybridized carbons (Fsp3) is 0.409. The summed E-state index contributed by atoms with van der Waals surface area (Å²) < 4.78 is 37.8. The number of alkyl halides is 3. The van der Waals surface area contributed by atoms with Gasteiger partial charge < -0.3 is 20.4 Å². The molecule has 1 aromatic heterocycles. The van der Waals surface area contributed by atoms with E-state index in [1.54, 1.807) is 0 Å². The van der Waals surface area contributed by atoms with Crippen molar-refractivity contribution in [3.63, 3.8) is 0 Å². The molecule has 3 aliphatic rings. The SMILES string of the molecule is FC(F)(F)c1ccc(CNC2CCN(CCN3C=CC=C4NC=CC=C43)CC2)cn1. The normalized spacial score (nSPS) is 19.9. The molecule has 1 fully saturated rings. The van der Waals surface area contributed by atoms with Crippen LogP contribution in [-0.4, -0.2) is 47.0 Å². The van der Waals surface area contributed by atoms with Gasteiger partial charge in [0.2, 0.25) is 0 Å². The maximum Gasteiger partial charge on any atom is 0.433 e. The molecule has 5 nitrogen and oxygen atoms in total. The van der Waals surface area contributed by atoms with E-state index < -0.39 is 11.9 Å².